The summed E-state index contributed by atoms with van der Waals surface area (Å²) in [5.74, 6) is -0.126. The number of hydrogen-bond donors (Lipinski definition) is 1. The molecule has 1 fully saturated rings. The molecule has 1 aliphatic heterocycles. The van der Waals surface area contributed by atoms with E-state index in [1.807, 2.05) is 13.8 Å². The van der Waals surface area contributed by atoms with Crippen molar-refractivity contribution in [3.05, 3.63) is 33.9 Å². The summed E-state index contributed by atoms with van der Waals surface area (Å²) in [6.07, 6.45) is 1.82. The van der Waals surface area contributed by atoms with Gasteiger partial charge >= 0.3 is 5.97 Å². The number of hydrogen-bond acceptors (Lipinski definition) is 6. The van der Waals surface area contributed by atoms with Crippen LogP contribution in [0.1, 0.15) is 37.0 Å². The second-order valence-corrected chi connectivity index (χ2v) is 6.16. The number of piperidine rings is 1. The minimum Gasteiger partial charge on any atom is -0.497 e. The van der Waals surface area contributed by atoms with Crippen LogP contribution in [0.15, 0.2) is 18.2 Å². The molecule has 7 nitrogen and oxygen atoms in total. The summed E-state index contributed by atoms with van der Waals surface area (Å²) < 4.78 is 10.6. The molecule has 0 radical (unpaired) electrons. The summed E-state index contributed by atoms with van der Waals surface area (Å²) >= 11 is 0. The third-order valence-electron chi connectivity index (χ3n) is 4.30. The highest BCUT2D eigenvalue weighted by Gasteiger charge is 2.36. The van der Waals surface area contributed by atoms with Crippen LogP contribution in [0, 0.1) is 16.0 Å². The quantitative estimate of drug-likeness (QED) is 0.509. The van der Waals surface area contributed by atoms with Crippen LogP contribution in [0.3, 0.4) is 0 Å². The van der Waals surface area contributed by atoms with Crippen molar-refractivity contribution >= 4 is 11.7 Å². The lowest BCUT2D eigenvalue weighted by Gasteiger charge is -2.36. The maximum Gasteiger partial charge on any atom is 0.345 e. The molecule has 0 saturated carbocycles. The number of ether oxygens (including phenoxy) is 2. The Morgan fingerprint density at radius 1 is 1.35 bits per heavy atom. The standard InChI is InChI=1S/C16H22N2O5/c1-16(2,11-6-8-17-9-7-11)23-15(19)13-5-4-12(22-3)10-14(13)18(20)21/h4-5,10-11,17H,6-9H2,1-3H3. The Morgan fingerprint density at radius 3 is 2.57 bits per heavy atom. The zero-order valence-corrected chi connectivity index (χ0v) is 13.6. The predicted molar refractivity (Wildman–Crippen MR) is 84.7 cm³/mol. The van der Waals surface area contributed by atoms with Gasteiger partial charge in [0.15, 0.2) is 0 Å². The number of esters is 1. The molecule has 126 valence electrons. The SMILES string of the molecule is COc1ccc(C(=O)OC(C)(C)C2CCNCC2)c([N+](=O)[O-])c1. The monoisotopic (exact) mass is 322 g/mol. The zero-order valence-electron chi connectivity index (χ0n) is 13.6. The number of methoxy groups -OCH3 is 1. The van der Waals surface area contributed by atoms with Gasteiger partial charge in [0.25, 0.3) is 5.69 Å². The summed E-state index contributed by atoms with van der Waals surface area (Å²) in [6.45, 7) is 5.48. The second kappa shape index (κ2) is 6.95. The summed E-state index contributed by atoms with van der Waals surface area (Å²) in [7, 11) is 1.41. The van der Waals surface area contributed by atoms with Gasteiger partial charge in [-0.15, -0.1) is 0 Å². The van der Waals surface area contributed by atoms with Crippen molar-refractivity contribution in [3.8, 4) is 5.75 Å². The van der Waals surface area contributed by atoms with E-state index >= 15 is 0 Å². The average molecular weight is 322 g/mol. The van der Waals surface area contributed by atoms with Gasteiger partial charge in [-0.25, -0.2) is 4.79 Å². The van der Waals surface area contributed by atoms with Crippen molar-refractivity contribution in [2.45, 2.75) is 32.3 Å². The Labute approximate surface area is 135 Å². The largest absolute Gasteiger partial charge is 0.497 e. The van der Waals surface area contributed by atoms with Crippen LogP contribution in [0.4, 0.5) is 5.69 Å². The first-order chi connectivity index (χ1) is 10.8. The van der Waals surface area contributed by atoms with Crippen LogP contribution < -0.4 is 10.1 Å². The molecular formula is C16H22N2O5. The van der Waals surface area contributed by atoms with Crippen LogP contribution in [-0.4, -0.2) is 36.7 Å². The predicted octanol–water partition coefficient (Wildman–Crippen LogP) is 2.54. The average Bonchev–Trinajstić information content (AvgIpc) is 2.54. The summed E-state index contributed by atoms with van der Waals surface area (Å²) in [6, 6.07) is 4.12. The maximum atomic E-state index is 12.4. The molecule has 0 bridgehead atoms. The van der Waals surface area contributed by atoms with Gasteiger partial charge in [0.1, 0.15) is 16.9 Å². The lowest BCUT2D eigenvalue weighted by atomic mass is 9.83. The molecule has 0 spiro atoms. The summed E-state index contributed by atoms with van der Waals surface area (Å²) in [5.41, 5.74) is -1.04. The fraction of sp³-hybridized carbons (Fsp3) is 0.562. The van der Waals surface area contributed by atoms with Gasteiger partial charge < -0.3 is 14.8 Å². The van der Waals surface area contributed by atoms with Crippen LogP contribution in [0.2, 0.25) is 0 Å². The molecule has 0 amide bonds. The molecule has 0 aromatic heterocycles. The number of rotatable bonds is 5. The topological polar surface area (TPSA) is 90.7 Å². The summed E-state index contributed by atoms with van der Waals surface area (Å²) in [5, 5.41) is 14.5. The minimum absolute atomic E-state index is 0.0576. The van der Waals surface area contributed by atoms with Crippen molar-refractivity contribution in [2.24, 2.45) is 5.92 Å². The highest BCUT2D eigenvalue weighted by atomic mass is 16.6. The Hall–Kier alpha value is -2.15. The van der Waals surface area contributed by atoms with Crippen LogP contribution in [0.5, 0.6) is 5.75 Å². The number of nitrogens with zero attached hydrogens (tertiary/aromatic N) is 1. The van der Waals surface area contributed by atoms with Crippen LogP contribution in [0.25, 0.3) is 0 Å². The first-order valence-electron chi connectivity index (χ1n) is 7.61. The number of carbonyl (C=O) groups is 1. The van der Waals surface area contributed by atoms with Crippen molar-refractivity contribution in [3.63, 3.8) is 0 Å². The van der Waals surface area contributed by atoms with Crippen LogP contribution in [-0.2, 0) is 4.74 Å². The molecule has 23 heavy (non-hydrogen) atoms. The van der Waals surface area contributed by atoms with E-state index in [1.54, 1.807) is 0 Å². The van der Waals surface area contributed by atoms with Crippen molar-refractivity contribution in [1.29, 1.82) is 0 Å². The van der Waals surface area contributed by atoms with Gasteiger partial charge in [-0.2, -0.15) is 0 Å². The van der Waals surface area contributed by atoms with E-state index in [9.17, 15) is 14.9 Å². The Balaban J connectivity index is 2.21. The molecule has 0 atom stereocenters. The van der Waals surface area contributed by atoms with Crippen molar-refractivity contribution in [2.75, 3.05) is 20.2 Å². The number of nitrogens with one attached hydrogen (secondary N) is 1. The van der Waals surface area contributed by atoms with E-state index in [4.69, 9.17) is 9.47 Å². The fourth-order valence-electron chi connectivity index (χ4n) is 2.86. The molecule has 7 heteroatoms. The molecule has 1 aromatic rings. The first-order valence-corrected chi connectivity index (χ1v) is 7.61. The Bertz CT molecular complexity index is 594. The van der Waals surface area contributed by atoms with Gasteiger partial charge in [-0.3, -0.25) is 10.1 Å². The van der Waals surface area contributed by atoms with Gasteiger partial charge in [0.2, 0.25) is 0 Å². The highest BCUT2D eigenvalue weighted by molar-refractivity contribution is 5.94. The molecule has 0 unspecified atom stereocenters. The molecule has 1 saturated heterocycles. The Morgan fingerprint density at radius 2 is 2.00 bits per heavy atom. The molecule has 1 heterocycles. The summed E-state index contributed by atoms with van der Waals surface area (Å²) in [4.78, 5) is 23.0. The van der Waals surface area contributed by atoms with E-state index in [2.05, 4.69) is 5.32 Å². The number of nitro groups is 1. The van der Waals surface area contributed by atoms with E-state index < -0.39 is 16.5 Å². The maximum absolute atomic E-state index is 12.4. The van der Waals surface area contributed by atoms with E-state index in [-0.39, 0.29) is 17.2 Å². The smallest absolute Gasteiger partial charge is 0.345 e. The third kappa shape index (κ3) is 3.98. The van der Waals surface area contributed by atoms with Gasteiger partial charge in [0.05, 0.1) is 18.1 Å². The van der Waals surface area contributed by atoms with E-state index in [0.717, 1.165) is 25.9 Å². The van der Waals surface area contributed by atoms with E-state index in [1.165, 1.54) is 25.3 Å². The van der Waals surface area contributed by atoms with Crippen LogP contribution >= 0.6 is 0 Å². The van der Waals surface area contributed by atoms with E-state index in [0.29, 0.717) is 5.75 Å². The number of carbonyl (C=O) groups excluding carboxylic acids is 1. The van der Waals surface area contributed by atoms with Gasteiger partial charge in [0, 0.05) is 5.92 Å². The van der Waals surface area contributed by atoms with Gasteiger partial charge in [-0.1, -0.05) is 0 Å². The second-order valence-electron chi connectivity index (χ2n) is 6.16. The molecule has 2 rings (SSSR count). The lowest BCUT2D eigenvalue weighted by molar-refractivity contribution is -0.385. The molecule has 1 N–H and O–H groups in total. The van der Waals surface area contributed by atoms with Crippen molar-refractivity contribution in [1.82, 2.24) is 5.32 Å². The normalized spacial score (nSPS) is 16.0. The fourth-order valence-corrected chi connectivity index (χ4v) is 2.86. The molecular weight excluding hydrogens is 300 g/mol. The van der Waals surface area contributed by atoms with Gasteiger partial charge in [-0.05, 0) is 51.9 Å². The zero-order chi connectivity index (χ0) is 17.0. The molecule has 1 aromatic carbocycles. The number of nitro benzene ring substituents is 1. The number of benzene rings is 1. The van der Waals surface area contributed by atoms with Crippen molar-refractivity contribution < 1.29 is 19.2 Å². The first kappa shape index (κ1) is 17.2. The molecule has 1 aliphatic rings. The molecule has 0 aliphatic carbocycles. The Kier molecular flexibility index (Phi) is 5.20. The minimum atomic E-state index is -0.678. The lowest BCUT2D eigenvalue weighted by Crippen LogP contribution is -2.42. The highest BCUT2D eigenvalue weighted by Crippen LogP contribution is 2.32. The third-order valence-corrected chi connectivity index (χ3v) is 4.30.